The molecule has 4 aromatic rings. The van der Waals surface area contributed by atoms with Crippen LogP contribution in [0, 0.1) is 24.0 Å². The maximum atomic E-state index is 12.4. The molecule has 2 aromatic carbocycles. The van der Waals surface area contributed by atoms with E-state index in [4.69, 9.17) is 4.74 Å². The number of benzene rings is 2. The van der Waals surface area contributed by atoms with E-state index in [1.807, 2.05) is 18.4 Å². The molecule has 2 heterocycles. The van der Waals surface area contributed by atoms with E-state index in [1.54, 1.807) is 48.8 Å². The molecule has 0 fully saturated rings. The maximum Gasteiger partial charge on any atom is 0.282 e. The average Bonchev–Trinajstić information content (AvgIpc) is 3.14. The summed E-state index contributed by atoms with van der Waals surface area (Å²) in [6, 6.07) is 15.8. The number of carbonyl (C=O) groups excluding carboxylic acids is 1. The van der Waals surface area contributed by atoms with Crippen molar-refractivity contribution >= 4 is 17.3 Å². The van der Waals surface area contributed by atoms with Crippen molar-refractivity contribution in [2.75, 3.05) is 5.32 Å². The minimum Gasteiger partial charge on any atom is -0.438 e. The molecule has 0 aliphatic heterocycles. The second-order valence-electron chi connectivity index (χ2n) is 6.87. The number of amides is 1. The van der Waals surface area contributed by atoms with Crippen molar-refractivity contribution < 1.29 is 14.5 Å². The zero-order chi connectivity index (χ0) is 22.7. The van der Waals surface area contributed by atoms with Crippen molar-refractivity contribution in [3.8, 4) is 17.4 Å². The van der Waals surface area contributed by atoms with Gasteiger partial charge in [0.15, 0.2) is 5.82 Å². The molecule has 160 valence electrons. The summed E-state index contributed by atoms with van der Waals surface area (Å²) in [5.74, 6) is 0.853. The molecule has 1 N–H and O–H groups in total. The molecular weight excluding hydrogens is 412 g/mol. The van der Waals surface area contributed by atoms with Crippen LogP contribution in [0.2, 0.25) is 0 Å². The van der Waals surface area contributed by atoms with E-state index in [9.17, 15) is 14.9 Å². The Hall–Kier alpha value is -4.60. The monoisotopic (exact) mass is 430 g/mol. The zero-order valence-electron chi connectivity index (χ0n) is 17.2. The average molecular weight is 430 g/mol. The second kappa shape index (κ2) is 8.64. The van der Waals surface area contributed by atoms with Crippen molar-refractivity contribution in [1.82, 2.24) is 19.7 Å². The summed E-state index contributed by atoms with van der Waals surface area (Å²) in [4.78, 5) is 27.2. The summed E-state index contributed by atoms with van der Waals surface area (Å²) in [6.07, 6.45) is 1.69. The standard InChI is InChI=1S/C22H18N6O4/c1-14-15(2)27(13-23-14)20-11-12-21(26-25-20)32-17-9-7-16(8-10-17)24-22(29)18-5-3-4-6-19(18)28(30)31/h3-13H,1-2H3,(H,24,29). The number of para-hydroxylation sites is 1. The van der Waals surface area contributed by atoms with Crippen LogP contribution in [0.25, 0.3) is 5.82 Å². The van der Waals surface area contributed by atoms with E-state index in [-0.39, 0.29) is 11.3 Å². The van der Waals surface area contributed by atoms with Gasteiger partial charge >= 0.3 is 0 Å². The minimum atomic E-state index is -0.590. The maximum absolute atomic E-state index is 12.4. The van der Waals surface area contributed by atoms with Gasteiger partial charge in [0, 0.05) is 23.5 Å². The zero-order valence-corrected chi connectivity index (χ0v) is 17.2. The molecule has 4 rings (SSSR count). The molecule has 32 heavy (non-hydrogen) atoms. The van der Waals surface area contributed by atoms with Crippen molar-refractivity contribution in [3.05, 3.63) is 94.1 Å². The number of aromatic nitrogens is 4. The van der Waals surface area contributed by atoms with Gasteiger partial charge in [-0.25, -0.2) is 4.98 Å². The van der Waals surface area contributed by atoms with Gasteiger partial charge in [-0.2, -0.15) is 0 Å². The lowest BCUT2D eigenvalue weighted by Crippen LogP contribution is -2.13. The fourth-order valence-electron chi connectivity index (χ4n) is 2.98. The van der Waals surface area contributed by atoms with Gasteiger partial charge in [-0.3, -0.25) is 19.5 Å². The summed E-state index contributed by atoms with van der Waals surface area (Å²) >= 11 is 0. The highest BCUT2D eigenvalue weighted by Crippen LogP contribution is 2.23. The number of aryl methyl sites for hydroxylation is 1. The predicted octanol–water partition coefficient (Wildman–Crippen LogP) is 4.23. The first-order valence-corrected chi connectivity index (χ1v) is 9.59. The molecule has 0 aliphatic rings. The third-order valence-electron chi connectivity index (χ3n) is 4.80. The molecule has 0 aliphatic carbocycles. The first-order valence-electron chi connectivity index (χ1n) is 9.59. The number of nitrogens with zero attached hydrogens (tertiary/aromatic N) is 5. The van der Waals surface area contributed by atoms with E-state index < -0.39 is 10.8 Å². The largest absolute Gasteiger partial charge is 0.438 e. The van der Waals surface area contributed by atoms with E-state index in [1.165, 1.54) is 18.2 Å². The number of nitro benzene ring substituents is 1. The highest BCUT2D eigenvalue weighted by Gasteiger charge is 2.19. The smallest absolute Gasteiger partial charge is 0.282 e. The Kier molecular flexibility index (Phi) is 5.58. The quantitative estimate of drug-likeness (QED) is 0.358. The van der Waals surface area contributed by atoms with Crippen molar-refractivity contribution in [1.29, 1.82) is 0 Å². The number of imidazole rings is 1. The van der Waals surface area contributed by atoms with Gasteiger partial charge in [-0.15, -0.1) is 10.2 Å². The molecule has 0 bridgehead atoms. The lowest BCUT2D eigenvalue weighted by atomic mass is 10.1. The Morgan fingerprint density at radius 2 is 1.78 bits per heavy atom. The van der Waals surface area contributed by atoms with Crippen LogP contribution in [0.1, 0.15) is 21.7 Å². The molecule has 0 saturated carbocycles. The summed E-state index contributed by atoms with van der Waals surface area (Å²) in [5, 5.41) is 22.0. The van der Waals surface area contributed by atoms with E-state index in [0.29, 0.717) is 23.1 Å². The van der Waals surface area contributed by atoms with Crippen molar-refractivity contribution in [2.24, 2.45) is 0 Å². The van der Waals surface area contributed by atoms with Crippen LogP contribution in [0.3, 0.4) is 0 Å². The van der Waals surface area contributed by atoms with Crippen LogP contribution >= 0.6 is 0 Å². The summed E-state index contributed by atoms with van der Waals surface area (Å²) in [5.41, 5.74) is 2.09. The number of anilines is 1. The summed E-state index contributed by atoms with van der Waals surface area (Å²) < 4.78 is 7.53. The molecule has 1 amide bonds. The van der Waals surface area contributed by atoms with Gasteiger partial charge in [0.25, 0.3) is 11.6 Å². The molecule has 0 saturated heterocycles. The Balaban J connectivity index is 1.43. The Morgan fingerprint density at radius 3 is 2.41 bits per heavy atom. The molecule has 0 radical (unpaired) electrons. The normalized spacial score (nSPS) is 10.6. The van der Waals surface area contributed by atoms with Crippen LogP contribution in [0.4, 0.5) is 11.4 Å². The lowest BCUT2D eigenvalue weighted by molar-refractivity contribution is -0.385. The first-order chi connectivity index (χ1) is 15.4. The van der Waals surface area contributed by atoms with Crippen molar-refractivity contribution in [3.63, 3.8) is 0 Å². The van der Waals surface area contributed by atoms with Crippen molar-refractivity contribution in [2.45, 2.75) is 13.8 Å². The first kappa shape index (κ1) is 20.7. The summed E-state index contributed by atoms with van der Waals surface area (Å²) in [7, 11) is 0. The molecule has 0 atom stereocenters. The molecule has 0 unspecified atom stereocenters. The van der Waals surface area contributed by atoms with E-state index in [0.717, 1.165) is 11.4 Å². The Labute approximate surface area is 182 Å². The highest BCUT2D eigenvalue weighted by atomic mass is 16.6. The van der Waals surface area contributed by atoms with Crippen LogP contribution in [-0.2, 0) is 0 Å². The van der Waals surface area contributed by atoms with Crippen LogP contribution in [-0.4, -0.2) is 30.6 Å². The predicted molar refractivity (Wildman–Crippen MR) is 116 cm³/mol. The number of carbonyl (C=O) groups is 1. The molecule has 10 heteroatoms. The number of rotatable bonds is 6. The van der Waals surface area contributed by atoms with E-state index >= 15 is 0 Å². The van der Waals surface area contributed by atoms with Gasteiger partial charge in [0.2, 0.25) is 5.88 Å². The molecular formula is C22H18N6O4. The second-order valence-corrected chi connectivity index (χ2v) is 6.87. The fourth-order valence-corrected chi connectivity index (χ4v) is 2.98. The minimum absolute atomic E-state index is 0.0171. The third-order valence-corrected chi connectivity index (χ3v) is 4.80. The topological polar surface area (TPSA) is 125 Å². The van der Waals surface area contributed by atoms with E-state index in [2.05, 4.69) is 20.5 Å². The number of nitrogens with one attached hydrogen (secondary N) is 1. The van der Waals surface area contributed by atoms with Crippen LogP contribution < -0.4 is 10.1 Å². The summed E-state index contributed by atoms with van der Waals surface area (Å²) in [6.45, 7) is 3.87. The molecule has 10 nitrogen and oxygen atoms in total. The van der Waals surface area contributed by atoms with Gasteiger partial charge in [0.05, 0.1) is 10.6 Å². The number of hydrogen-bond donors (Lipinski definition) is 1. The fraction of sp³-hybridized carbons (Fsp3) is 0.0909. The number of nitro groups is 1. The molecule has 2 aromatic heterocycles. The Morgan fingerprint density at radius 1 is 1.03 bits per heavy atom. The van der Waals surface area contributed by atoms with Gasteiger partial charge in [-0.05, 0) is 50.2 Å². The highest BCUT2D eigenvalue weighted by molar-refractivity contribution is 6.07. The molecule has 0 spiro atoms. The van der Waals surface area contributed by atoms with Gasteiger partial charge in [0.1, 0.15) is 17.6 Å². The van der Waals surface area contributed by atoms with Gasteiger partial charge in [-0.1, -0.05) is 12.1 Å². The van der Waals surface area contributed by atoms with Gasteiger partial charge < -0.3 is 10.1 Å². The number of ether oxygens (including phenoxy) is 1. The van der Waals surface area contributed by atoms with Crippen LogP contribution in [0.15, 0.2) is 67.0 Å². The Bertz CT molecular complexity index is 1280. The lowest BCUT2D eigenvalue weighted by Gasteiger charge is -2.08. The van der Waals surface area contributed by atoms with Crippen LogP contribution in [0.5, 0.6) is 11.6 Å². The third kappa shape index (κ3) is 4.29. The number of hydrogen-bond acceptors (Lipinski definition) is 7. The SMILES string of the molecule is Cc1ncn(-c2ccc(Oc3ccc(NC(=O)c4ccccc4[N+](=O)[O-])cc3)nn2)c1C.